The number of anilines is 1. The number of thiophene rings is 1. The summed E-state index contributed by atoms with van der Waals surface area (Å²) in [5.74, 6) is 1.43. The summed E-state index contributed by atoms with van der Waals surface area (Å²) in [5, 5.41) is 17.7. The first-order chi connectivity index (χ1) is 10.8. The summed E-state index contributed by atoms with van der Waals surface area (Å²) < 4.78 is 1.78. The lowest BCUT2D eigenvalue weighted by atomic mass is 9.89. The van der Waals surface area contributed by atoms with Gasteiger partial charge in [-0.3, -0.25) is 0 Å². The maximum Gasteiger partial charge on any atom is 0.227 e. The van der Waals surface area contributed by atoms with E-state index in [-0.39, 0.29) is 6.61 Å². The molecular weight excluding hydrogens is 298 g/mol. The Kier molecular flexibility index (Phi) is 3.46. The molecule has 22 heavy (non-hydrogen) atoms. The third-order valence-corrected chi connectivity index (χ3v) is 5.47. The van der Waals surface area contributed by atoms with Gasteiger partial charge in [0.05, 0.1) is 5.39 Å². The van der Waals surface area contributed by atoms with Gasteiger partial charge >= 0.3 is 0 Å². The molecule has 0 bridgehead atoms. The second-order valence-electron chi connectivity index (χ2n) is 5.97. The van der Waals surface area contributed by atoms with E-state index in [0.717, 1.165) is 29.2 Å². The summed E-state index contributed by atoms with van der Waals surface area (Å²) in [6, 6.07) is 0. The van der Waals surface area contributed by atoms with E-state index in [4.69, 9.17) is 10.1 Å². The lowest BCUT2D eigenvalue weighted by molar-refractivity contribution is 0.292. The SMILES string of the molecule is C[C@H]1CCc2sc3nc(NCCCO)n4ncnc4c3c2C1. The molecule has 0 saturated carbocycles. The van der Waals surface area contributed by atoms with E-state index in [1.54, 1.807) is 22.2 Å². The van der Waals surface area contributed by atoms with Crippen molar-refractivity contribution >= 4 is 33.1 Å². The van der Waals surface area contributed by atoms with Crippen LogP contribution in [0.5, 0.6) is 0 Å². The van der Waals surface area contributed by atoms with Crippen molar-refractivity contribution in [3.63, 3.8) is 0 Å². The molecule has 2 N–H and O–H groups in total. The number of aliphatic hydroxyl groups is 1. The van der Waals surface area contributed by atoms with Crippen LogP contribution in [0.1, 0.15) is 30.2 Å². The van der Waals surface area contributed by atoms with Crippen molar-refractivity contribution in [2.24, 2.45) is 5.92 Å². The fourth-order valence-corrected chi connectivity index (χ4v) is 4.37. The molecule has 0 unspecified atom stereocenters. The minimum atomic E-state index is 0.168. The highest BCUT2D eigenvalue weighted by atomic mass is 32.1. The number of fused-ring (bicyclic) bond motifs is 5. The highest BCUT2D eigenvalue weighted by molar-refractivity contribution is 7.19. The van der Waals surface area contributed by atoms with E-state index in [2.05, 4.69) is 22.3 Å². The van der Waals surface area contributed by atoms with Crippen molar-refractivity contribution in [2.75, 3.05) is 18.5 Å². The van der Waals surface area contributed by atoms with Gasteiger partial charge in [0.2, 0.25) is 5.95 Å². The first-order valence-electron chi connectivity index (χ1n) is 7.76. The number of hydrogen-bond donors (Lipinski definition) is 2. The highest BCUT2D eigenvalue weighted by Crippen LogP contribution is 2.39. The third kappa shape index (κ3) is 2.16. The van der Waals surface area contributed by atoms with Crippen LogP contribution in [0.25, 0.3) is 15.9 Å². The van der Waals surface area contributed by atoms with Crippen LogP contribution in [0.4, 0.5) is 5.95 Å². The first kappa shape index (κ1) is 13.9. The highest BCUT2D eigenvalue weighted by Gasteiger charge is 2.24. The van der Waals surface area contributed by atoms with E-state index in [1.165, 1.54) is 22.2 Å². The maximum atomic E-state index is 8.93. The van der Waals surface area contributed by atoms with Crippen molar-refractivity contribution < 1.29 is 5.11 Å². The molecule has 7 heteroatoms. The second kappa shape index (κ2) is 5.48. The summed E-state index contributed by atoms with van der Waals surface area (Å²) in [4.78, 5) is 11.7. The molecule has 0 amide bonds. The van der Waals surface area contributed by atoms with Crippen LogP contribution in [-0.4, -0.2) is 37.8 Å². The molecule has 0 fully saturated rings. The monoisotopic (exact) mass is 317 g/mol. The van der Waals surface area contributed by atoms with Crippen LogP contribution in [0.2, 0.25) is 0 Å². The van der Waals surface area contributed by atoms with Gasteiger partial charge in [-0.1, -0.05) is 6.92 Å². The summed E-state index contributed by atoms with van der Waals surface area (Å²) >= 11 is 1.79. The van der Waals surface area contributed by atoms with E-state index in [9.17, 15) is 0 Å². The van der Waals surface area contributed by atoms with Crippen LogP contribution < -0.4 is 5.32 Å². The molecule has 1 atom stereocenters. The predicted molar refractivity (Wildman–Crippen MR) is 87.5 cm³/mol. The van der Waals surface area contributed by atoms with Gasteiger partial charge in [0.15, 0.2) is 5.65 Å². The number of nitrogens with one attached hydrogen (secondary N) is 1. The van der Waals surface area contributed by atoms with Crippen molar-refractivity contribution in [3.05, 3.63) is 16.8 Å². The van der Waals surface area contributed by atoms with Crippen molar-refractivity contribution in [2.45, 2.75) is 32.6 Å². The Morgan fingerprint density at radius 2 is 2.41 bits per heavy atom. The van der Waals surface area contributed by atoms with Crippen LogP contribution in [0, 0.1) is 5.92 Å². The molecule has 3 aromatic rings. The Morgan fingerprint density at radius 3 is 3.27 bits per heavy atom. The molecule has 4 rings (SSSR count). The number of aliphatic hydroxyl groups excluding tert-OH is 1. The number of rotatable bonds is 4. The van der Waals surface area contributed by atoms with Gasteiger partial charge in [0.25, 0.3) is 0 Å². The molecule has 0 radical (unpaired) electrons. The largest absolute Gasteiger partial charge is 0.396 e. The molecule has 0 spiro atoms. The molecule has 3 aromatic heterocycles. The normalized spacial score (nSPS) is 18.0. The van der Waals surface area contributed by atoms with Gasteiger partial charge in [-0.25, -0.2) is 9.97 Å². The Hall–Kier alpha value is -1.73. The lowest BCUT2D eigenvalue weighted by Crippen LogP contribution is -2.11. The smallest absolute Gasteiger partial charge is 0.227 e. The van der Waals surface area contributed by atoms with Gasteiger partial charge in [0.1, 0.15) is 11.2 Å². The molecule has 1 aliphatic carbocycles. The molecular formula is C15H19N5OS. The topological polar surface area (TPSA) is 75.3 Å². The summed E-state index contributed by atoms with van der Waals surface area (Å²) in [5.41, 5.74) is 2.31. The van der Waals surface area contributed by atoms with E-state index in [0.29, 0.717) is 18.9 Å². The zero-order valence-corrected chi connectivity index (χ0v) is 13.4. The quantitative estimate of drug-likeness (QED) is 0.722. The van der Waals surface area contributed by atoms with Gasteiger partial charge in [-0.2, -0.15) is 9.61 Å². The predicted octanol–water partition coefficient (Wildman–Crippen LogP) is 2.26. The van der Waals surface area contributed by atoms with Gasteiger partial charge in [0, 0.05) is 18.0 Å². The van der Waals surface area contributed by atoms with Gasteiger partial charge in [-0.15, -0.1) is 11.3 Å². The number of aryl methyl sites for hydroxylation is 1. The minimum absolute atomic E-state index is 0.168. The lowest BCUT2D eigenvalue weighted by Gasteiger charge is -2.17. The number of hydrogen-bond acceptors (Lipinski definition) is 6. The first-order valence-corrected chi connectivity index (χ1v) is 8.58. The fraction of sp³-hybridized carbons (Fsp3) is 0.533. The van der Waals surface area contributed by atoms with E-state index >= 15 is 0 Å². The van der Waals surface area contributed by atoms with Gasteiger partial charge in [-0.05, 0) is 37.2 Å². The third-order valence-electron chi connectivity index (χ3n) is 4.29. The summed E-state index contributed by atoms with van der Waals surface area (Å²) in [6.07, 6.45) is 5.78. The zero-order chi connectivity index (χ0) is 15.1. The Balaban J connectivity index is 1.88. The van der Waals surface area contributed by atoms with Crippen molar-refractivity contribution in [1.82, 2.24) is 19.6 Å². The van der Waals surface area contributed by atoms with Crippen LogP contribution in [0.3, 0.4) is 0 Å². The maximum absolute atomic E-state index is 8.93. The Bertz CT molecular complexity index is 824. The molecule has 0 aliphatic heterocycles. The van der Waals surface area contributed by atoms with Gasteiger partial charge < -0.3 is 10.4 Å². The van der Waals surface area contributed by atoms with Crippen molar-refractivity contribution in [1.29, 1.82) is 0 Å². The minimum Gasteiger partial charge on any atom is -0.396 e. The molecule has 3 heterocycles. The summed E-state index contributed by atoms with van der Waals surface area (Å²) in [7, 11) is 0. The average molecular weight is 317 g/mol. The van der Waals surface area contributed by atoms with Crippen LogP contribution >= 0.6 is 11.3 Å². The van der Waals surface area contributed by atoms with Crippen molar-refractivity contribution in [3.8, 4) is 0 Å². The van der Waals surface area contributed by atoms with Crippen LogP contribution in [-0.2, 0) is 12.8 Å². The average Bonchev–Trinajstić information content (AvgIpc) is 3.10. The van der Waals surface area contributed by atoms with Crippen LogP contribution in [0.15, 0.2) is 6.33 Å². The number of nitrogens with zero attached hydrogens (tertiary/aromatic N) is 4. The molecule has 0 aromatic carbocycles. The standard InChI is InChI=1S/C15H19N5OS/c1-9-3-4-11-10(7-9)12-13-17-8-18-20(13)15(16-5-2-6-21)19-14(12)22-11/h8-9,21H,2-7H2,1H3,(H,16,19)/t9-/m0/s1. The second-order valence-corrected chi connectivity index (χ2v) is 7.05. The fourth-order valence-electron chi connectivity index (χ4n) is 3.16. The molecule has 1 aliphatic rings. The Morgan fingerprint density at radius 1 is 1.50 bits per heavy atom. The summed E-state index contributed by atoms with van der Waals surface area (Å²) in [6.45, 7) is 3.15. The Labute approximate surface area is 132 Å². The zero-order valence-electron chi connectivity index (χ0n) is 12.5. The van der Waals surface area contributed by atoms with E-state index < -0.39 is 0 Å². The van der Waals surface area contributed by atoms with E-state index in [1.807, 2.05) is 0 Å². The molecule has 6 nitrogen and oxygen atoms in total. The number of aromatic nitrogens is 4. The molecule has 0 saturated heterocycles. The molecule has 116 valence electrons.